The zero-order valence-electron chi connectivity index (χ0n) is 16.8. The van der Waals surface area contributed by atoms with Gasteiger partial charge in [0.1, 0.15) is 17.9 Å². The van der Waals surface area contributed by atoms with Crippen molar-refractivity contribution in [3.8, 4) is 0 Å². The minimum absolute atomic E-state index is 0. The number of aliphatic imine (C=N–C) groups is 1. The first kappa shape index (κ1) is 23.7. The van der Waals surface area contributed by atoms with E-state index < -0.39 is 5.60 Å². The third-order valence-electron chi connectivity index (χ3n) is 4.21. The van der Waals surface area contributed by atoms with Crippen LogP contribution in [0.5, 0.6) is 0 Å². The van der Waals surface area contributed by atoms with Gasteiger partial charge in [0, 0.05) is 13.6 Å². The van der Waals surface area contributed by atoms with Crippen LogP contribution < -0.4 is 10.6 Å². The molecule has 1 fully saturated rings. The molecule has 1 atom stereocenters. The van der Waals surface area contributed by atoms with Crippen molar-refractivity contribution in [1.82, 2.24) is 15.5 Å². The fourth-order valence-corrected chi connectivity index (χ4v) is 3.07. The highest BCUT2D eigenvalue weighted by molar-refractivity contribution is 14.0. The van der Waals surface area contributed by atoms with E-state index in [2.05, 4.69) is 20.5 Å². The second-order valence-electron chi connectivity index (χ2n) is 7.52. The fraction of sp³-hybridized carbons (Fsp3) is 0.684. The third-order valence-corrected chi connectivity index (χ3v) is 4.21. The highest BCUT2D eigenvalue weighted by Gasteiger charge is 2.24. The van der Waals surface area contributed by atoms with E-state index in [0.29, 0.717) is 12.5 Å². The summed E-state index contributed by atoms with van der Waals surface area (Å²) in [5, 5.41) is 6.31. The number of nitrogens with zero attached hydrogens (tertiary/aromatic N) is 2. The molecule has 0 spiro atoms. The number of rotatable bonds is 6. The zero-order chi connectivity index (χ0) is 19.0. The third kappa shape index (κ3) is 8.50. The summed E-state index contributed by atoms with van der Waals surface area (Å²) in [6, 6.07) is 4.07. The summed E-state index contributed by atoms with van der Waals surface area (Å²) < 4.78 is 11.0. The summed E-state index contributed by atoms with van der Waals surface area (Å²) >= 11 is 0. The van der Waals surface area contributed by atoms with Gasteiger partial charge < -0.3 is 19.8 Å². The second-order valence-corrected chi connectivity index (χ2v) is 7.52. The molecule has 1 unspecified atom stereocenters. The standard InChI is InChI=1S/C19H32N4O3.HI/c1-19(2,3)26-17(24)14-22-18(20-4)21-13-15(16-9-8-12-25-16)23-10-6-5-7-11-23;/h8-9,12,15H,5-7,10-11,13-14H2,1-4H3,(H2,20,21,22);1H. The molecule has 154 valence electrons. The maximum atomic E-state index is 11.9. The Balaban J connectivity index is 0.00000364. The quantitative estimate of drug-likeness (QED) is 0.275. The molecule has 0 saturated carbocycles. The van der Waals surface area contributed by atoms with Crippen LogP contribution in [0.4, 0.5) is 0 Å². The van der Waals surface area contributed by atoms with Gasteiger partial charge in [-0.2, -0.15) is 0 Å². The van der Waals surface area contributed by atoms with Crippen molar-refractivity contribution >= 4 is 35.9 Å². The molecule has 0 aliphatic carbocycles. The molecular formula is C19H33IN4O3. The zero-order valence-corrected chi connectivity index (χ0v) is 19.1. The van der Waals surface area contributed by atoms with Gasteiger partial charge >= 0.3 is 5.97 Å². The Bertz CT molecular complexity index is 578. The van der Waals surface area contributed by atoms with E-state index in [1.165, 1.54) is 19.3 Å². The Morgan fingerprint density at radius 2 is 2.00 bits per heavy atom. The first-order valence-electron chi connectivity index (χ1n) is 9.33. The molecule has 0 aromatic carbocycles. The summed E-state index contributed by atoms with van der Waals surface area (Å²) in [6.07, 6.45) is 5.42. The molecule has 1 saturated heterocycles. The van der Waals surface area contributed by atoms with Gasteiger partial charge in [-0.3, -0.25) is 14.7 Å². The maximum Gasteiger partial charge on any atom is 0.325 e. The summed E-state index contributed by atoms with van der Waals surface area (Å²) in [4.78, 5) is 18.5. The number of esters is 1. The Kier molecular flexibility index (Phi) is 10.1. The smallest absolute Gasteiger partial charge is 0.325 e. The van der Waals surface area contributed by atoms with Gasteiger partial charge in [-0.1, -0.05) is 6.42 Å². The molecule has 2 rings (SSSR count). The lowest BCUT2D eigenvalue weighted by Crippen LogP contribution is -2.46. The molecule has 2 heterocycles. The predicted octanol–water partition coefficient (Wildman–Crippen LogP) is 2.93. The normalized spacial score (nSPS) is 17.0. The molecule has 0 bridgehead atoms. The lowest BCUT2D eigenvalue weighted by Gasteiger charge is -2.33. The minimum Gasteiger partial charge on any atom is -0.468 e. The molecule has 1 aliphatic heterocycles. The first-order valence-corrected chi connectivity index (χ1v) is 9.33. The number of ether oxygens (including phenoxy) is 1. The number of carbonyl (C=O) groups is 1. The number of hydrogen-bond acceptors (Lipinski definition) is 5. The van der Waals surface area contributed by atoms with Crippen LogP contribution >= 0.6 is 24.0 Å². The summed E-state index contributed by atoms with van der Waals surface area (Å²) in [5.74, 6) is 1.21. The largest absolute Gasteiger partial charge is 0.468 e. The van der Waals surface area contributed by atoms with Crippen LogP contribution in [0.25, 0.3) is 0 Å². The Hall–Kier alpha value is -1.29. The van der Waals surface area contributed by atoms with E-state index >= 15 is 0 Å². The predicted molar refractivity (Wildman–Crippen MR) is 117 cm³/mol. The Labute approximate surface area is 179 Å². The van der Waals surface area contributed by atoms with Gasteiger partial charge in [0.2, 0.25) is 0 Å². The molecule has 8 heteroatoms. The number of nitrogens with one attached hydrogen (secondary N) is 2. The van der Waals surface area contributed by atoms with Gasteiger partial charge in [-0.15, -0.1) is 24.0 Å². The van der Waals surface area contributed by atoms with Crippen molar-refractivity contribution in [3.05, 3.63) is 24.2 Å². The van der Waals surface area contributed by atoms with E-state index in [1.54, 1.807) is 13.3 Å². The summed E-state index contributed by atoms with van der Waals surface area (Å²) in [5.41, 5.74) is -0.492. The molecular weight excluding hydrogens is 459 g/mol. The van der Waals surface area contributed by atoms with Gasteiger partial charge in [-0.25, -0.2) is 0 Å². The highest BCUT2D eigenvalue weighted by Crippen LogP contribution is 2.24. The van der Waals surface area contributed by atoms with Crippen LogP contribution in [0.3, 0.4) is 0 Å². The van der Waals surface area contributed by atoms with Crippen LogP contribution in [0.1, 0.15) is 51.8 Å². The monoisotopic (exact) mass is 492 g/mol. The van der Waals surface area contributed by atoms with Gasteiger partial charge in [-0.05, 0) is 58.8 Å². The van der Waals surface area contributed by atoms with Gasteiger partial charge in [0.05, 0.1) is 12.3 Å². The van der Waals surface area contributed by atoms with Crippen molar-refractivity contribution in [2.24, 2.45) is 4.99 Å². The molecule has 0 radical (unpaired) electrons. The lowest BCUT2D eigenvalue weighted by molar-refractivity contribution is -0.153. The Morgan fingerprint density at radius 1 is 1.30 bits per heavy atom. The first-order chi connectivity index (χ1) is 12.4. The SMILES string of the molecule is CN=C(NCC(=O)OC(C)(C)C)NCC(c1ccco1)N1CCCCC1.I. The van der Waals surface area contributed by atoms with Crippen molar-refractivity contribution in [1.29, 1.82) is 0 Å². The number of carbonyl (C=O) groups excluding carboxylic acids is 1. The lowest BCUT2D eigenvalue weighted by atomic mass is 10.1. The van der Waals surface area contributed by atoms with E-state index in [1.807, 2.05) is 32.9 Å². The molecule has 0 amide bonds. The second kappa shape index (κ2) is 11.5. The average Bonchev–Trinajstić information content (AvgIpc) is 3.11. The van der Waals surface area contributed by atoms with E-state index in [-0.39, 0.29) is 42.5 Å². The molecule has 27 heavy (non-hydrogen) atoms. The van der Waals surface area contributed by atoms with Crippen LogP contribution in [0, 0.1) is 0 Å². The van der Waals surface area contributed by atoms with Crippen LogP contribution in [-0.4, -0.2) is 55.7 Å². The van der Waals surface area contributed by atoms with Crippen molar-refractivity contribution in [3.63, 3.8) is 0 Å². The number of guanidine groups is 1. The highest BCUT2D eigenvalue weighted by atomic mass is 127. The Morgan fingerprint density at radius 3 is 2.56 bits per heavy atom. The topological polar surface area (TPSA) is 79.1 Å². The van der Waals surface area contributed by atoms with E-state index in [0.717, 1.165) is 18.8 Å². The van der Waals surface area contributed by atoms with Gasteiger partial charge in [0.15, 0.2) is 5.96 Å². The minimum atomic E-state index is -0.492. The van der Waals surface area contributed by atoms with Crippen LogP contribution in [0.2, 0.25) is 0 Å². The molecule has 1 aliphatic rings. The number of hydrogen-bond donors (Lipinski definition) is 2. The van der Waals surface area contributed by atoms with Crippen LogP contribution in [0.15, 0.2) is 27.8 Å². The average molecular weight is 492 g/mol. The summed E-state index contributed by atoms with van der Waals surface area (Å²) in [7, 11) is 1.69. The fourth-order valence-electron chi connectivity index (χ4n) is 3.07. The van der Waals surface area contributed by atoms with E-state index in [9.17, 15) is 4.79 Å². The summed E-state index contributed by atoms with van der Waals surface area (Å²) in [6.45, 7) is 8.42. The molecule has 2 N–H and O–H groups in total. The number of furan rings is 1. The molecule has 7 nitrogen and oxygen atoms in total. The van der Waals surface area contributed by atoms with Crippen LogP contribution in [-0.2, 0) is 9.53 Å². The molecule has 1 aromatic heterocycles. The van der Waals surface area contributed by atoms with Crippen molar-refractivity contribution in [2.75, 3.05) is 33.2 Å². The van der Waals surface area contributed by atoms with Crippen molar-refractivity contribution in [2.45, 2.75) is 51.7 Å². The molecule has 1 aromatic rings. The van der Waals surface area contributed by atoms with E-state index in [4.69, 9.17) is 9.15 Å². The number of halogens is 1. The van der Waals surface area contributed by atoms with Gasteiger partial charge in [0.25, 0.3) is 0 Å². The maximum absolute atomic E-state index is 11.9. The number of likely N-dealkylation sites (tertiary alicyclic amines) is 1. The van der Waals surface area contributed by atoms with Crippen molar-refractivity contribution < 1.29 is 13.9 Å². The number of piperidine rings is 1.